The van der Waals surface area contributed by atoms with Crippen LogP contribution in [0.2, 0.25) is 0 Å². The fraction of sp³-hybridized carbons (Fsp3) is 0.400. The van der Waals surface area contributed by atoms with Gasteiger partial charge in [0.15, 0.2) is 0 Å². The molecule has 0 spiro atoms. The minimum atomic E-state index is 0.207. The van der Waals surface area contributed by atoms with Crippen LogP contribution in [0.5, 0.6) is 11.5 Å². The average Bonchev–Trinajstić information content (AvgIpc) is 2.93. The molecule has 3 heterocycles. The fourth-order valence-electron chi connectivity index (χ4n) is 6.33. The zero-order valence-corrected chi connectivity index (χ0v) is 20.6. The van der Waals surface area contributed by atoms with Gasteiger partial charge in [0.05, 0.1) is 20.8 Å². The second-order valence-electron chi connectivity index (χ2n) is 9.73. The maximum atomic E-state index is 10.3. The van der Waals surface area contributed by atoms with E-state index in [4.69, 9.17) is 9.47 Å². The van der Waals surface area contributed by atoms with Gasteiger partial charge in [0.25, 0.3) is 0 Å². The van der Waals surface area contributed by atoms with Crippen molar-refractivity contribution in [2.45, 2.75) is 43.4 Å². The molecule has 0 saturated carbocycles. The molecule has 35 heavy (non-hydrogen) atoms. The third kappa shape index (κ3) is 4.81. The summed E-state index contributed by atoms with van der Waals surface area (Å²) in [5.74, 6) is 2.42. The largest absolute Gasteiger partial charge is 0.497 e. The summed E-state index contributed by atoms with van der Waals surface area (Å²) in [5.41, 5.74) is 3.73. The van der Waals surface area contributed by atoms with E-state index in [2.05, 4.69) is 76.9 Å². The lowest BCUT2D eigenvalue weighted by Crippen LogP contribution is -2.68. The maximum Gasteiger partial charge on any atom is 0.123 e. The van der Waals surface area contributed by atoms with E-state index in [0.29, 0.717) is 12.5 Å². The number of nitrogens with zero attached hydrogens (tertiary/aromatic N) is 1. The van der Waals surface area contributed by atoms with E-state index >= 15 is 0 Å². The monoisotopic (exact) mass is 472 g/mol. The van der Waals surface area contributed by atoms with Crippen molar-refractivity contribution in [3.63, 3.8) is 0 Å². The lowest BCUT2D eigenvalue weighted by molar-refractivity contribution is -0.0564. The smallest absolute Gasteiger partial charge is 0.123 e. The molecule has 3 aliphatic rings. The van der Waals surface area contributed by atoms with Gasteiger partial charge >= 0.3 is 0 Å². The number of nitrogens with one attached hydrogen (secondary N) is 1. The van der Waals surface area contributed by atoms with Crippen molar-refractivity contribution in [2.75, 3.05) is 27.4 Å². The first kappa shape index (κ1) is 23.9. The second kappa shape index (κ2) is 10.8. The zero-order chi connectivity index (χ0) is 24.2. The van der Waals surface area contributed by atoms with Crippen molar-refractivity contribution >= 4 is 0 Å². The lowest BCUT2D eigenvalue weighted by atomic mass is 9.68. The number of methoxy groups -OCH3 is 2. The number of hydrogen-bond donors (Lipinski definition) is 2. The molecule has 0 amide bonds. The summed E-state index contributed by atoms with van der Waals surface area (Å²) in [5, 5.41) is 14.2. The summed E-state index contributed by atoms with van der Waals surface area (Å²) in [6.07, 6.45) is 2.17. The Morgan fingerprint density at radius 3 is 2.23 bits per heavy atom. The molecule has 3 aromatic rings. The molecule has 3 fully saturated rings. The Labute approximate surface area is 208 Å². The van der Waals surface area contributed by atoms with Gasteiger partial charge < -0.3 is 19.9 Å². The summed E-state index contributed by atoms with van der Waals surface area (Å²) < 4.78 is 11.1. The first-order valence-electron chi connectivity index (χ1n) is 12.6. The van der Waals surface area contributed by atoms with Crippen LogP contribution >= 0.6 is 0 Å². The molecule has 2 N–H and O–H groups in total. The molecule has 1 unspecified atom stereocenters. The van der Waals surface area contributed by atoms with Crippen molar-refractivity contribution in [2.24, 2.45) is 5.92 Å². The molecule has 3 aromatic carbocycles. The van der Waals surface area contributed by atoms with Crippen molar-refractivity contribution in [3.8, 4) is 11.5 Å². The third-order valence-corrected chi connectivity index (χ3v) is 7.95. The van der Waals surface area contributed by atoms with Crippen LogP contribution in [0.25, 0.3) is 0 Å². The van der Waals surface area contributed by atoms with Crippen LogP contribution in [0.15, 0.2) is 78.9 Å². The van der Waals surface area contributed by atoms with Gasteiger partial charge in [0, 0.05) is 36.2 Å². The van der Waals surface area contributed by atoms with Crippen LogP contribution in [0, 0.1) is 5.92 Å². The minimum Gasteiger partial charge on any atom is -0.497 e. The van der Waals surface area contributed by atoms with Crippen LogP contribution in [0.3, 0.4) is 0 Å². The molecule has 0 radical (unpaired) electrons. The van der Waals surface area contributed by atoms with Gasteiger partial charge in [-0.25, -0.2) is 0 Å². The maximum absolute atomic E-state index is 10.3. The number of ether oxygens (including phenoxy) is 2. The van der Waals surface area contributed by atoms with E-state index in [1.54, 1.807) is 14.2 Å². The van der Waals surface area contributed by atoms with E-state index in [1.807, 2.05) is 12.1 Å². The summed E-state index contributed by atoms with van der Waals surface area (Å²) in [7, 11) is 3.41. The van der Waals surface area contributed by atoms with Gasteiger partial charge in [-0.1, -0.05) is 60.7 Å². The van der Waals surface area contributed by atoms with Crippen molar-refractivity contribution in [1.29, 1.82) is 0 Å². The van der Waals surface area contributed by atoms with Gasteiger partial charge in [0.2, 0.25) is 0 Å². The van der Waals surface area contributed by atoms with Crippen LogP contribution in [0.4, 0.5) is 0 Å². The van der Waals surface area contributed by atoms with Crippen LogP contribution in [-0.2, 0) is 6.54 Å². The molecule has 0 aromatic heterocycles. The Hall–Kier alpha value is -2.86. The third-order valence-electron chi connectivity index (χ3n) is 7.95. The highest BCUT2D eigenvalue weighted by molar-refractivity contribution is 5.41. The highest BCUT2D eigenvalue weighted by Gasteiger charge is 2.49. The topological polar surface area (TPSA) is 54.0 Å². The number of piperidine rings is 3. The first-order valence-corrected chi connectivity index (χ1v) is 12.6. The molecule has 3 saturated heterocycles. The summed E-state index contributed by atoms with van der Waals surface area (Å²) in [6, 6.07) is 28.4. The number of hydrogen-bond acceptors (Lipinski definition) is 5. The number of benzene rings is 3. The molecule has 5 atom stereocenters. The highest BCUT2D eigenvalue weighted by atomic mass is 16.5. The second-order valence-corrected chi connectivity index (χ2v) is 9.73. The number of fused-ring (bicyclic) bond motifs is 3. The van der Waals surface area contributed by atoms with Crippen molar-refractivity contribution in [3.05, 3.63) is 95.6 Å². The molecule has 5 nitrogen and oxygen atoms in total. The Morgan fingerprint density at radius 2 is 1.63 bits per heavy atom. The average molecular weight is 473 g/mol. The number of aliphatic hydroxyl groups is 1. The highest BCUT2D eigenvalue weighted by Crippen LogP contribution is 2.44. The Bertz CT molecular complexity index is 1050. The van der Waals surface area contributed by atoms with E-state index in [1.165, 1.54) is 11.1 Å². The van der Waals surface area contributed by atoms with Gasteiger partial charge in [-0.2, -0.15) is 0 Å². The molecular formula is C30H36N2O3. The Balaban J connectivity index is 1.52. The van der Waals surface area contributed by atoms with E-state index in [0.717, 1.165) is 36.4 Å². The molecule has 184 valence electrons. The van der Waals surface area contributed by atoms with Gasteiger partial charge in [-0.05, 0) is 54.6 Å². The molecule has 3 aliphatic heterocycles. The fourth-order valence-corrected chi connectivity index (χ4v) is 6.33. The standard InChI is InChI=1S/C30H36N2O3/c1-34-26-13-14-27(35-2)24(18-26)19-31-29-23-15-16-32(25(17-23)20-33)30(29)28(21-9-5-3-6-10-21)22-11-7-4-8-12-22/h3-14,18,23,25,28-31,33H,15-17,19-20H2,1-2H3/t23-,25+,29-,30+/m1/s1. The lowest BCUT2D eigenvalue weighted by Gasteiger charge is -2.57. The first-order chi connectivity index (χ1) is 17.2. The van der Waals surface area contributed by atoms with E-state index < -0.39 is 0 Å². The Morgan fingerprint density at radius 1 is 0.943 bits per heavy atom. The molecule has 5 heteroatoms. The zero-order valence-electron chi connectivity index (χ0n) is 20.6. The van der Waals surface area contributed by atoms with Crippen molar-refractivity contribution < 1.29 is 14.6 Å². The normalized spacial score (nSPS) is 25.5. The molecule has 2 bridgehead atoms. The van der Waals surface area contributed by atoms with Gasteiger partial charge in [0.1, 0.15) is 11.5 Å². The molecular weight excluding hydrogens is 436 g/mol. The van der Waals surface area contributed by atoms with E-state index in [-0.39, 0.29) is 30.7 Å². The number of rotatable bonds is 9. The van der Waals surface area contributed by atoms with E-state index in [9.17, 15) is 5.11 Å². The van der Waals surface area contributed by atoms with Crippen molar-refractivity contribution in [1.82, 2.24) is 10.2 Å². The number of aliphatic hydroxyl groups excluding tert-OH is 1. The van der Waals surface area contributed by atoms with Gasteiger partial charge in [-0.15, -0.1) is 0 Å². The predicted octanol–water partition coefficient (Wildman–Crippen LogP) is 4.45. The predicted molar refractivity (Wildman–Crippen MR) is 139 cm³/mol. The van der Waals surface area contributed by atoms with Crippen LogP contribution in [-0.4, -0.2) is 55.5 Å². The summed E-state index contributed by atoms with van der Waals surface area (Å²) in [6.45, 7) is 1.93. The SMILES string of the molecule is COc1ccc(OC)c(CN[C@@H]2[C@@H]3CCN([C@H](CO)C3)[C@H]2C(c2ccccc2)c2ccccc2)c1. The molecule has 6 rings (SSSR count). The summed E-state index contributed by atoms with van der Waals surface area (Å²) >= 11 is 0. The quantitative estimate of drug-likeness (QED) is 0.482. The van der Waals surface area contributed by atoms with Gasteiger partial charge in [-0.3, -0.25) is 4.90 Å². The Kier molecular flexibility index (Phi) is 7.37. The summed E-state index contributed by atoms with van der Waals surface area (Å²) in [4.78, 5) is 2.57. The minimum absolute atomic E-state index is 0.207. The van der Waals surface area contributed by atoms with Crippen LogP contribution < -0.4 is 14.8 Å². The van der Waals surface area contributed by atoms with Crippen LogP contribution in [0.1, 0.15) is 35.4 Å². The molecule has 0 aliphatic carbocycles.